The number of esters is 2. The van der Waals surface area contributed by atoms with Gasteiger partial charge in [0, 0.05) is 0 Å². The summed E-state index contributed by atoms with van der Waals surface area (Å²) in [5.41, 5.74) is -1.28. The lowest BCUT2D eigenvalue weighted by Crippen LogP contribution is -2.50. The van der Waals surface area contributed by atoms with Crippen LogP contribution in [0.2, 0.25) is 18.1 Å². The summed E-state index contributed by atoms with van der Waals surface area (Å²) in [4.78, 5) is 24.9. The highest BCUT2D eigenvalue weighted by atomic mass is 28.4. The van der Waals surface area contributed by atoms with Gasteiger partial charge in [0.2, 0.25) is 0 Å². The fourth-order valence-corrected chi connectivity index (χ4v) is 5.29. The minimum Gasteiger partial charge on any atom is -0.469 e. The Bertz CT molecular complexity index is 510. The van der Waals surface area contributed by atoms with Gasteiger partial charge in [0.15, 0.2) is 8.32 Å². The van der Waals surface area contributed by atoms with Gasteiger partial charge < -0.3 is 13.9 Å². The van der Waals surface area contributed by atoms with Crippen molar-refractivity contribution in [2.75, 3.05) is 14.2 Å². The zero-order valence-electron chi connectivity index (χ0n) is 15.4. The summed E-state index contributed by atoms with van der Waals surface area (Å²) in [6.07, 6.45) is 2.09. The van der Waals surface area contributed by atoms with Crippen LogP contribution >= 0.6 is 0 Å². The van der Waals surface area contributed by atoms with Crippen LogP contribution in [0, 0.1) is 10.8 Å². The minimum absolute atomic E-state index is 0.0462. The van der Waals surface area contributed by atoms with E-state index in [2.05, 4.69) is 33.9 Å². The van der Waals surface area contributed by atoms with Crippen molar-refractivity contribution < 1.29 is 23.5 Å². The summed E-state index contributed by atoms with van der Waals surface area (Å²) >= 11 is 0. The van der Waals surface area contributed by atoms with Gasteiger partial charge in [-0.3, -0.25) is 9.59 Å². The largest absolute Gasteiger partial charge is 0.469 e. The minimum atomic E-state index is -2.05. The average molecular weight is 343 g/mol. The van der Waals surface area contributed by atoms with Crippen LogP contribution in [-0.2, 0) is 23.5 Å². The summed E-state index contributed by atoms with van der Waals surface area (Å²) in [7, 11) is 0.777. The smallest absolute Gasteiger partial charge is 0.314 e. The first-order valence-electron chi connectivity index (χ1n) is 8.29. The molecular formula is C17H30O5Si. The highest BCUT2D eigenvalue weighted by Gasteiger charge is 2.68. The molecule has 0 aromatic heterocycles. The van der Waals surface area contributed by atoms with Crippen molar-refractivity contribution in [1.29, 1.82) is 0 Å². The van der Waals surface area contributed by atoms with Gasteiger partial charge in [-0.25, -0.2) is 0 Å². The van der Waals surface area contributed by atoms with E-state index in [1.165, 1.54) is 14.2 Å². The predicted octanol–water partition coefficient (Wildman–Crippen LogP) is 3.28. The van der Waals surface area contributed by atoms with E-state index in [9.17, 15) is 9.59 Å². The van der Waals surface area contributed by atoms with E-state index < -0.39 is 19.1 Å². The topological polar surface area (TPSA) is 61.8 Å². The van der Waals surface area contributed by atoms with Gasteiger partial charge in [-0.05, 0) is 43.8 Å². The van der Waals surface area contributed by atoms with E-state index >= 15 is 0 Å². The van der Waals surface area contributed by atoms with Gasteiger partial charge in [-0.2, -0.15) is 0 Å². The quantitative estimate of drug-likeness (QED) is 0.579. The molecule has 0 heterocycles. The molecule has 0 aromatic rings. The molecule has 3 atom stereocenters. The molecule has 2 rings (SSSR count). The molecule has 0 radical (unpaired) electrons. The summed E-state index contributed by atoms with van der Waals surface area (Å²) in [5, 5.41) is 0.0462. The molecular weight excluding hydrogens is 312 g/mol. The van der Waals surface area contributed by atoms with Crippen LogP contribution in [0.25, 0.3) is 0 Å². The highest BCUT2D eigenvalue weighted by Crippen LogP contribution is 2.64. The Kier molecular flexibility index (Phi) is 4.48. The Balaban J connectivity index is 2.35. The molecule has 132 valence electrons. The maximum Gasteiger partial charge on any atom is 0.314 e. The van der Waals surface area contributed by atoms with E-state index in [0.717, 1.165) is 0 Å². The lowest BCUT2D eigenvalue weighted by Gasteiger charge is -2.43. The predicted molar refractivity (Wildman–Crippen MR) is 89.4 cm³/mol. The first-order valence-corrected chi connectivity index (χ1v) is 11.2. The third-order valence-electron chi connectivity index (χ3n) is 6.35. The lowest BCUT2D eigenvalue weighted by molar-refractivity contribution is -0.158. The molecule has 0 amide bonds. The van der Waals surface area contributed by atoms with Gasteiger partial charge >= 0.3 is 11.9 Å². The van der Waals surface area contributed by atoms with Crippen LogP contribution in [0.3, 0.4) is 0 Å². The number of hydrogen-bond donors (Lipinski definition) is 0. The van der Waals surface area contributed by atoms with Gasteiger partial charge in [-0.15, -0.1) is 0 Å². The van der Waals surface area contributed by atoms with E-state index in [-0.39, 0.29) is 23.1 Å². The summed E-state index contributed by atoms with van der Waals surface area (Å²) in [6, 6.07) is 0. The fourth-order valence-electron chi connectivity index (χ4n) is 3.91. The Labute approximate surface area is 140 Å². The first-order chi connectivity index (χ1) is 10.4. The van der Waals surface area contributed by atoms with Crippen LogP contribution in [-0.4, -0.2) is 40.6 Å². The van der Waals surface area contributed by atoms with Crippen molar-refractivity contribution in [3.05, 3.63) is 0 Å². The second-order valence-corrected chi connectivity index (χ2v) is 13.4. The second-order valence-electron chi connectivity index (χ2n) is 8.67. The SMILES string of the molecule is COC(=O)[C@@]12CC[C@@](C(=O)OC)(C1)[C@H](O[Si](C)(C)C(C)(C)C)C2. The van der Waals surface area contributed by atoms with Gasteiger partial charge in [0.1, 0.15) is 0 Å². The van der Waals surface area contributed by atoms with Crippen molar-refractivity contribution in [2.45, 2.75) is 70.7 Å². The normalized spacial score (nSPS) is 33.6. The Morgan fingerprint density at radius 2 is 1.61 bits per heavy atom. The summed E-state index contributed by atoms with van der Waals surface area (Å²) < 4.78 is 16.7. The van der Waals surface area contributed by atoms with Gasteiger partial charge in [-0.1, -0.05) is 20.8 Å². The zero-order chi connectivity index (χ0) is 17.7. The Morgan fingerprint density at radius 3 is 2.09 bits per heavy atom. The maximum atomic E-state index is 12.6. The van der Waals surface area contributed by atoms with E-state index in [0.29, 0.717) is 25.7 Å². The third kappa shape index (κ3) is 2.74. The van der Waals surface area contributed by atoms with Crippen molar-refractivity contribution in [2.24, 2.45) is 10.8 Å². The molecule has 0 spiro atoms. The first kappa shape index (κ1) is 18.5. The molecule has 2 bridgehead atoms. The molecule has 0 N–H and O–H groups in total. The third-order valence-corrected chi connectivity index (χ3v) is 10.8. The van der Waals surface area contributed by atoms with E-state index in [1.54, 1.807) is 0 Å². The Hall–Kier alpha value is -0.883. The number of carbonyl (C=O) groups excluding carboxylic acids is 2. The van der Waals surface area contributed by atoms with Crippen LogP contribution in [0.4, 0.5) is 0 Å². The molecule has 6 heteroatoms. The van der Waals surface area contributed by atoms with Crippen molar-refractivity contribution in [1.82, 2.24) is 0 Å². The fraction of sp³-hybridized carbons (Fsp3) is 0.882. The van der Waals surface area contributed by atoms with Crippen LogP contribution < -0.4 is 0 Å². The molecule has 2 aliphatic carbocycles. The van der Waals surface area contributed by atoms with Crippen molar-refractivity contribution >= 4 is 20.3 Å². The monoisotopic (exact) mass is 342 g/mol. The number of fused-ring (bicyclic) bond motifs is 2. The van der Waals surface area contributed by atoms with Crippen molar-refractivity contribution in [3.63, 3.8) is 0 Å². The molecule has 0 unspecified atom stereocenters. The molecule has 0 aromatic carbocycles. The number of ether oxygens (including phenoxy) is 2. The van der Waals surface area contributed by atoms with Gasteiger partial charge in [0.25, 0.3) is 0 Å². The number of hydrogen-bond acceptors (Lipinski definition) is 5. The van der Waals surface area contributed by atoms with Crippen LogP contribution in [0.5, 0.6) is 0 Å². The molecule has 2 aliphatic rings. The number of methoxy groups -OCH3 is 2. The van der Waals surface area contributed by atoms with Crippen molar-refractivity contribution in [3.8, 4) is 0 Å². The van der Waals surface area contributed by atoms with E-state index in [4.69, 9.17) is 13.9 Å². The maximum absolute atomic E-state index is 12.6. The zero-order valence-corrected chi connectivity index (χ0v) is 16.4. The molecule has 5 nitrogen and oxygen atoms in total. The number of rotatable bonds is 4. The molecule has 0 saturated heterocycles. The standard InChI is InChI=1S/C17H30O5Si/c1-15(2,3)23(6,7)22-12-10-16(13(18)20-4)8-9-17(12,11-16)14(19)21-5/h12H,8-11H2,1-7H3/t12-,16-,17-/m1/s1. The molecule has 23 heavy (non-hydrogen) atoms. The number of carbonyl (C=O) groups is 2. The van der Waals surface area contributed by atoms with Crippen LogP contribution in [0.15, 0.2) is 0 Å². The molecule has 2 fully saturated rings. The summed E-state index contributed by atoms with van der Waals surface area (Å²) in [5.74, 6) is -0.464. The highest BCUT2D eigenvalue weighted by molar-refractivity contribution is 6.74. The molecule has 0 aliphatic heterocycles. The molecule has 2 saturated carbocycles. The van der Waals surface area contributed by atoms with Gasteiger partial charge in [0.05, 0.1) is 31.2 Å². The summed E-state index contributed by atoms with van der Waals surface area (Å²) in [6.45, 7) is 10.9. The second kappa shape index (κ2) is 5.58. The average Bonchev–Trinajstić information content (AvgIpc) is 2.99. The Morgan fingerprint density at radius 1 is 1.04 bits per heavy atom. The lowest BCUT2D eigenvalue weighted by atomic mass is 9.80. The van der Waals surface area contributed by atoms with Crippen LogP contribution in [0.1, 0.15) is 46.5 Å². The van der Waals surface area contributed by atoms with E-state index in [1.807, 2.05) is 0 Å².